The van der Waals surface area contributed by atoms with E-state index in [0.717, 1.165) is 29.4 Å². The average molecular weight is 608 g/mol. The molecule has 0 aromatic heterocycles. The van der Waals surface area contributed by atoms with Crippen molar-refractivity contribution in [3.05, 3.63) is 89.5 Å². The van der Waals surface area contributed by atoms with Gasteiger partial charge in [-0.3, -0.25) is 13.9 Å². The van der Waals surface area contributed by atoms with Crippen molar-refractivity contribution in [3.8, 4) is 11.5 Å². The predicted molar refractivity (Wildman–Crippen MR) is 168 cm³/mol. The van der Waals surface area contributed by atoms with E-state index in [1.807, 2.05) is 68.4 Å². The summed E-state index contributed by atoms with van der Waals surface area (Å²) < 4.78 is 38.1. The Balaban J connectivity index is 1.56. The summed E-state index contributed by atoms with van der Waals surface area (Å²) >= 11 is 0. The Kier molecular flexibility index (Phi) is 11.1. The van der Waals surface area contributed by atoms with E-state index in [4.69, 9.17) is 9.47 Å². The van der Waals surface area contributed by atoms with Gasteiger partial charge in [-0.25, -0.2) is 8.42 Å². The highest BCUT2D eigenvalue weighted by atomic mass is 32.2. The number of nitrogens with zero attached hydrogens (tertiary/aromatic N) is 2. The number of fused-ring (bicyclic) bond motifs is 1. The third kappa shape index (κ3) is 8.97. The van der Waals surface area contributed by atoms with Crippen LogP contribution in [0.25, 0.3) is 0 Å². The van der Waals surface area contributed by atoms with Crippen molar-refractivity contribution < 1.29 is 27.5 Å². The topological polar surface area (TPSA) is 105 Å². The number of amides is 2. The molecule has 230 valence electrons. The molecular weight excluding hydrogens is 566 g/mol. The van der Waals surface area contributed by atoms with E-state index < -0.39 is 16.1 Å². The van der Waals surface area contributed by atoms with Gasteiger partial charge in [0.1, 0.15) is 19.3 Å². The van der Waals surface area contributed by atoms with Gasteiger partial charge in [0.15, 0.2) is 11.5 Å². The predicted octanol–water partition coefficient (Wildman–Crippen LogP) is 4.48. The van der Waals surface area contributed by atoms with Crippen molar-refractivity contribution in [2.24, 2.45) is 0 Å². The quantitative estimate of drug-likeness (QED) is 0.290. The normalized spacial score (nSPS) is 13.2. The molecule has 1 aliphatic rings. The van der Waals surface area contributed by atoms with Gasteiger partial charge in [-0.2, -0.15) is 0 Å². The van der Waals surface area contributed by atoms with Gasteiger partial charge < -0.3 is 19.7 Å². The smallest absolute Gasteiger partial charge is 0.243 e. The molecule has 3 aromatic carbocycles. The second-order valence-electron chi connectivity index (χ2n) is 10.8. The molecule has 0 saturated carbocycles. The maximum atomic E-state index is 13.9. The third-order valence-corrected chi connectivity index (χ3v) is 8.45. The number of carbonyl (C=O) groups excluding carboxylic acids is 2. The van der Waals surface area contributed by atoms with Gasteiger partial charge in [-0.15, -0.1) is 0 Å². The number of anilines is 1. The van der Waals surface area contributed by atoms with Crippen molar-refractivity contribution in [2.45, 2.75) is 52.1 Å². The van der Waals surface area contributed by atoms with Crippen LogP contribution < -0.4 is 19.1 Å². The minimum atomic E-state index is -3.65. The molecule has 1 aliphatic heterocycles. The van der Waals surface area contributed by atoms with Crippen LogP contribution in [0.15, 0.2) is 72.8 Å². The first kappa shape index (κ1) is 31.9. The molecule has 4 rings (SSSR count). The molecule has 0 radical (unpaired) electrons. The van der Waals surface area contributed by atoms with E-state index in [1.165, 1.54) is 4.31 Å². The van der Waals surface area contributed by atoms with Gasteiger partial charge in [0, 0.05) is 38.5 Å². The average Bonchev–Trinajstić information content (AvgIpc) is 3.00. The second kappa shape index (κ2) is 14.9. The number of carbonyl (C=O) groups is 2. The Morgan fingerprint density at radius 1 is 0.930 bits per heavy atom. The Hall–Kier alpha value is -4.05. The lowest BCUT2D eigenvalue weighted by Crippen LogP contribution is -2.50. The number of hydrogen-bond donors (Lipinski definition) is 1. The van der Waals surface area contributed by atoms with Crippen molar-refractivity contribution in [2.75, 3.05) is 36.9 Å². The highest BCUT2D eigenvalue weighted by Crippen LogP contribution is 2.34. The summed E-state index contributed by atoms with van der Waals surface area (Å²) in [7, 11) is -3.65. The van der Waals surface area contributed by atoms with E-state index in [2.05, 4.69) is 5.32 Å². The van der Waals surface area contributed by atoms with Gasteiger partial charge in [-0.05, 0) is 43.0 Å². The minimum absolute atomic E-state index is 0.0643. The van der Waals surface area contributed by atoms with Crippen LogP contribution in [0.2, 0.25) is 0 Å². The fourth-order valence-electron chi connectivity index (χ4n) is 5.00. The monoisotopic (exact) mass is 607 g/mol. The first-order chi connectivity index (χ1) is 20.7. The molecule has 1 unspecified atom stereocenters. The van der Waals surface area contributed by atoms with Crippen LogP contribution in [0.5, 0.6) is 11.5 Å². The molecule has 0 bridgehead atoms. The van der Waals surface area contributed by atoms with Gasteiger partial charge in [0.2, 0.25) is 21.8 Å². The molecule has 0 aliphatic carbocycles. The number of benzene rings is 3. The first-order valence-electron chi connectivity index (χ1n) is 14.7. The maximum Gasteiger partial charge on any atom is 0.243 e. The summed E-state index contributed by atoms with van der Waals surface area (Å²) in [5.41, 5.74) is 3.40. The second-order valence-corrected chi connectivity index (χ2v) is 12.7. The zero-order chi connectivity index (χ0) is 30.8. The fourth-order valence-corrected chi connectivity index (χ4v) is 5.96. The maximum absolute atomic E-state index is 13.9. The van der Waals surface area contributed by atoms with E-state index in [-0.39, 0.29) is 37.7 Å². The zero-order valence-corrected chi connectivity index (χ0v) is 25.9. The van der Waals surface area contributed by atoms with Gasteiger partial charge >= 0.3 is 0 Å². The number of ether oxygens (including phenoxy) is 2. The highest BCUT2D eigenvalue weighted by Gasteiger charge is 2.30. The molecule has 1 atom stereocenters. The summed E-state index contributed by atoms with van der Waals surface area (Å²) in [6.07, 6.45) is 2.61. The molecule has 0 fully saturated rings. The Labute approximate surface area is 254 Å². The number of rotatable bonds is 14. The number of aryl methyl sites for hydroxylation is 1. The van der Waals surface area contributed by atoms with E-state index >= 15 is 0 Å². The van der Waals surface area contributed by atoms with Gasteiger partial charge in [0.05, 0.1) is 11.9 Å². The van der Waals surface area contributed by atoms with Crippen LogP contribution in [-0.4, -0.2) is 63.7 Å². The van der Waals surface area contributed by atoms with Crippen LogP contribution >= 0.6 is 0 Å². The third-order valence-electron chi connectivity index (χ3n) is 7.26. The molecule has 0 saturated heterocycles. The van der Waals surface area contributed by atoms with E-state index in [9.17, 15) is 18.0 Å². The standard InChI is InChI=1S/C33H41N3O6S/c1-4-18-34-33(38)29(22-26-9-6-5-7-10-26)35(24-27-14-12-25(2)13-15-27)32(37)11-8-19-36(43(3,39)40)28-16-17-30-31(23-28)42-21-20-41-30/h5-7,9-10,12-17,23,29H,4,8,11,18-22,24H2,1-3H3,(H,34,38). The Morgan fingerprint density at radius 2 is 1.63 bits per heavy atom. The number of hydrogen-bond acceptors (Lipinski definition) is 6. The van der Waals surface area contributed by atoms with Crippen LogP contribution in [0.4, 0.5) is 5.69 Å². The highest BCUT2D eigenvalue weighted by molar-refractivity contribution is 7.92. The van der Waals surface area contributed by atoms with Crippen LogP contribution in [-0.2, 0) is 32.6 Å². The van der Waals surface area contributed by atoms with E-state index in [0.29, 0.717) is 43.4 Å². The van der Waals surface area contributed by atoms with Crippen LogP contribution in [0.1, 0.15) is 42.9 Å². The van der Waals surface area contributed by atoms with Crippen molar-refractivity contribution in [1.82, 2.24) is 10.2 Å². The minimum Gasteiger partial charge on any atom is -0.486 e. The van der Waals surface area contributed by atoms with Crippen LogP contribution in [0, 0.1) is 6.92 Å². The summed E-state index contributed by atoms with van der Waals surface area (Å²) in [6, 6.07) is 21.8. The molecular formula is C33H41N3O6S. The van der Waals surface area contributed by atoms with Crippen molar-refractivity contribution in [1.29, 1.82) is 0 Å². The molecule has 43 heavy (non-hydrogen) atoms. The molecule has 1 N–H and O–H groups in total. The zero-order valence-electron chi connectivity index (χ0n) is 25.1. The molecule has 9 nitrogen and oxygen atoms in total. The Morgan fingerprint density at radius 3 is 2.30 bits per heavy atom. The first-order valence-corrected chi connectivity index (χ1v) is 16.5. The fraction of sp³-hybridized carbons (Fsp3) is 0.394. The summed E-state index contributed by atoms with van der Waals surface area (Å²) in [4.78, 5) is 29.1. The SMILES string of the molecule is CCCNC(=O)C(Cc1ccccc1)N(Cc1ccc(C)cc1)C(=O)CCCN(c1ccc2c(c1)OCCO2)S(C)(=O)=O. The van der Waals surface area contributed by atoms with Crippen molar-refractivity contribution >= 4 is 27.5 Å². The molecule has 10 heteroatoms. The largest absolute Gasteiger partial charge is 0.486 e. The number of sulfonamides is 1. The van der Waals surface area contributed by atoms with Gasteiger partial charge in [0.25, 0.3) is 0 Å². The Bertz CT molecular complexity index is 1480. The van der Waals surface area contributed by atoms with Crippen LogP contribution in [0.3, 0.4) is 0 Å². The lowest BCUT2D eigenvalue weighted by atomic mass is 10.0. The summed E-state index contributed by atoms with van der Waals surface area (Å²) in [5.74, 6) is 0.625. The molecule has 0 spiro atoms. The van der Waals surface area contributed by atoms with Crippen molar-refractivity contribution in [3.63, 3.8) is 0 Å². The van der Waals surface area contributed by atoms with E-state index in [1.54, 1.807) is 23.1 Å². The molecule has 3 aromatic rings. The molecule has 2 amide bonds. The lowest BCUT2D eigenvalue weighted by Gasteiger charge is -2.32. The lowest BCUT2D eigenvalue weighted by molar-refractivity contribution is -0.141. The number of nitrogens with one attached hydrogen (secondary N) is 1. The molecule has 1 heterocycles. The summed E-state index contributed by atoms with van der Waals surface area (Å²) in [6.45, 7) is 5.66. The summed E-state index contributed by atoms with van der Waals surface area (Å²) in [5, 5.41) is 2.98. The van der Waals surface area contributed by atoms with Gasteiger partial charge in [-0.1, -0.05) is 67.1 Å².